The van der Waals surface area contributed by atoms with Crippen LogP contribution in [0.2, 0.25) is 0 Å². The fourth-order valence-electron chi connectivity index (χ4n) is 3.22. The number of aliphatic imine (C=N–C) groups is 1. The summed E-state index contributed by atoms with van der Waals surface area (Å²) in [6, 6.07) is 7.33. The molecule has 1 unspecified atom stereocenters. The Morgan fingerprint density at radius 3 is 2.67 bits per heavy atom. The molecule has 0 saturated carbocycles. The van der Waals surface area contributed by atoms with Crippen LogP contribution in [0.1, 0.15) is 26.7 Å². The van der Waals surface area contributed by atoms with Crippen LogP contribution >= 0.6 is 0 Å². The van der Waals surface area contributed by atoms with Gasteiger partial charge in [-0.15, -0.1) is 0 Å². The molecule has 1 aromatic rings. The monoisotopic (exact) mass is 328 g/mol. The van der Waals surface area contributed by atoms with Crippen molar-refractivity contribution in [2.45, 2.75) is 32.7 Å². The molecule has 6 nitrogen and oxygen atoms in total. The van der Waals surface area contributed by atoms with Crippen molar-refractivity contribution < 1.29 is 9.53 Å². The lowest BCUT2D eigenvalue weighted by Crippen LogP contribution is -2.46. The minimum Gasteiger partial charge on any atom is -0.497 e. The second-order valence-electron chi connectivity index (χ2n) is 7.10. The molecule has 24 heavy (non-hydrogen) atoms. The molecule has 2 aliphatic rings. The Morgan fingerprint density at radius 1 is 1.33 bits per heavy atom. The third kappa shape index (κ3) is 3.37. The van der Waals surface area contributed by atoms with Crippen LogP contribution in [0.15, 0.2) is 40.7 Å². The highest BCUT2D eigenvalue weighted by Crippen LogP contribution is 2.38. The van der Waals surface area contributed by atoms with Crippen LogP contribution in [-0.4, -0.2) is 31.3 Å². The van der Waals surface area contributed by atoms with Crippen LogP contribution in [0, 0.1) is 5.41 Å². The molecule has 1 heterocycles. The number of carbonyl (C=O) groups excluding carboxylic acids is 1. The van der Waals surface area contributed by atoms with Gasteiger partial charge in [-0.25, -0.2) is 0 Å². The summed E-state index contributed by atoms with van der Waals surface area (Å²) in [6.07, 6.45) is 1.73. The molecule has 0 spiro atoms. The van der Waals surface area contributed by atoms with Gasteiger partial charge in [-0.05, 0) is 42.5 Å². The molecular formula is C18H24N4O2. The Balaban J connectivity index is 1.91. The number of primary amides is 1. The van der Waals surface area contributed by atoms with Crippen LogP contribution in [0.25, 0.3) is 0 Å². The minimum atomic E-state index is -0.486. The number of anilines is 1. The van der Waals surface area contributed by atoms with Crippen molar-refractivity contribution >= 4 is 17.3 Å². The Hall–Kier alpha value is -2.50. The molecular weight excluding hydrogens is 304 g/mol. The lowest BCUT2D eigenvalue weighted by molar-refractivity contribution is -0.119. The van der Waals surface area contributed by atoms with Crippen LogP contribution in [0.4, 0.5) is 5.69 Å². The smallest absolute Gasteiger partial charge is 0.244 e. The van der Waals surface area contributed by atoms with Gasteiger partial charge in [0.1, 0.15) is 11.8 Å². The number of nitrogens with zero attached hydrogens (tertiary/aromatic N) is 1. The second-order valence-corrected chi connectivity index (χ2v) is 7.10. The van der Waals surface area contributed by atoms with E-state index >= 15 is 0 Å². The van der Waals surface area contributed by atoms with Gasteiger partial charge < -0.3 is 21.1 Å². The van der Waals surface area contributed by atoms with Crippen molar-refractivity contribution in [3.8, 4) is 5.75 Å². The van der Waals surface area contributed by atoms with Gasteiger partial charge in [0.25, 0.3) is 0 Å². The van der Waals surface area contributed by atoms with Gasteiger partial charge in [0.15, 0.2) is 0 Å². The number of nitrogens with two attached hydrogens (primary N) is 1. The van der Waals surface area contributed by atoms with E-state index in [-0.39, 0.29) is 11.3 Å². The highest BCUT2D eigenvalue weighted by molar-refractivity contribution is 6.04. The average Bonchev–Trinajstić information content (AvgIpc) is 2.54. The van der Waals surface area contributed by atoms with E-state index in [4.69, 9.17) is 10.5 Å². The van der Waals surface area contributed by atoms with Gasteiger partial charge >= 0.3 is 0 Å². The lowest BCUT2D eigenvalue weighted by atomic mass is 9.76. The predicted octanol–water partition coefficient (Wildman–Crippen LogP) is 2.04. The Kier molecular flexibility index (Phi) is 4.22. The highest BCUT2D eigenvalue weighted by Gasteiger charge is 2.35. The van der Waals surface area contributed by atoms with Crippen molar-refractivity contribution in [2.75, 3.05) is 19.0 Å². The molecule has 3 rings (SSSR count). The quantitative estimate of drug-likeness (QED) is 0.789. The first-order valence-electron chi connectivity index (χ1n) is 8.12. The number of allylic oxidation sites excluding steroid dienone is 2. The first-order chi connectivity index (χ1) is 11.4. The van der Waals surface area contributed by atoms with Gasteiger partial charge in [0, 0.05) is 17.9 Å². The number of hydrogen-bond donors (Lipinski definition) is 3. The summed E-state index contributed by atoms with van der Waals surface area (Å²) in [6.45, 7) is 4.86. The summed E-state index contributed by atoms with van der Waals surface area (Å²) < 4.78 is 5.20. The first kappa shape index (κ1) is 16.4. The average molecular weight is 328 g/mol. The van der Waals surface area contributed by atoms with Gasteiger partial charge in [-0.1, -0.05) is 13.8 Å². The summed E-state index contributed by atoms with van der Waals surface area (Å²) in [5.74, 6) is 0.437. The van der Waals surface area contributed by atoms with Crippen LogP contribution in [0.5, 0.6) is 5.75 Å². The molecule has 1 atom stereocenters. The zero-order valence-corrected chi connectivity index (χ0v) is 14.3. The fourth-order valence-corrected chi connectivity index (χ4v) is 3.22. The zero-order valence-electron chi connectivity index (χ0n) is 14.3. The SMILES string of the molecule is COc1ccc(NC2=C3NCC(C(N)=O)N=C3CC(C)(C)C2)cc1. The number of carbonyl (C=O) groups is 1. The number of nitrogens with one attached hydrogen (secondary N) is 2. The fraction of sp³-hybridized carbons (Fsp3) is 0.444. The number of ether oxygens (including phenoxy) is 1. The van der Waals surface area contributed by atoms with E-state index < -0.39 is 6.04 Å². The normalized spacial score (nSPS) is 22.1. The van der Waals surface area contributed by atoms with Crippen LogP contribution in [0.3, 0.4) is 0 Å². The Bertz CT molecular complexity index is 704. The number of methoxy groups -OCH3 is 1. The summed E-state index contributed by atoms with van der Waals surface area (Å²) in [7, 11) is 1.65. The Morgan fingerprint density at radius 2 is 2.04 bits per heavy atom. The molecule has 0 saturated heterocycles. The largest absolute Gasteiger partial charge is 0.497 e. The summed E-state index contributed by atoms with van der Waals surface area (Å²) >= 11 is 0. The number of rotatable bonds is 4. The van der Waals surface area contributed by atoms with Crippen molar-refractivity contribution in [2.24, 2.45) is 16.1 Å². The molecule has 1 aliphatic heterocycles. The molecule has 4 N–H and O–H groups in total. The minimum absolute atomic E-state index is 0.0678. The zero-order chi connectivity index (χ0) is 17.3. The summed E-state index contributed by atoms with van der Waals surface area (Å²) in [4.78, 5) is 16.0. The van der Waals surface area contributed by atoms with Crippen LogP contribution in [-0.2, 0) is 4.79 Å². The number of hydrogen-bond acceptors (Lipinski definition) is 5. The molecule has 128 valence electrons. The second kappa shape index (κ2) is 6.19. The van der Waals surface area contributed by atoms with Crippen molar-refractivity contribution in [3.05, 3.63) is 35.7 Å². The molecule has 0 fully saturated rings. The molecule has 0 radical (unpaired) electrons. The van der Waals surface area contributed by atoms with E-state index in [2.05, 4.69) is 29.5 Å². The molecule has 0 bridgehead atoms. The maximum atomic E-state index is 11.5. The molecule has 0 aromatic heterocycles. The molecule has 1 amide bonds. The number of benzene rings is 1. The van der Waals surface area contributed by atoms with Crippen LogP contribution < -0.4 is 21.1 Å². The maximum absolute atomic E-state index is 11.5. The van der Waals surface area contributed by atoms with E-state index in [1.807, 2.05) is 24.3 Å². The van der Waals surface area contributed by atoms with E-state index in [0.717, 1.165) is 41.4 Å². The van der Waals surface area contributed by atoms with Gasteiger partial charge in [0.2, 0.25) is 5.91 Å². The van der Waals surface area contributed by atoms with Gasteiger partial charge in [-0.3, -0.25) is 9.79 Å². The summed E-state index contributed by atoms with van der Waals surface area (Å²) in [5.41, 5.74) is 9.50. The van der Waals surface area contributed by atoms with E-state index in [0.29, 0.717) is 6.54 Å². The topological polar surface area (TPSA) is 88.7 Å². The van der Waals surface area contributed by atoms with Gasteiger partial charge in [-0.2, -0.15) is 0 Å². The highest BCUT2D eigenvalue weighted by atomic mass is 16.5. The molecule has 1 aliphatic carbocycles. The maximum Gasteiger partial charge on any atom is 0.244 e. The molecule has 6 heteroatoms. The number of amides is 1. The van der Waals surface area contributed by atoms with E-state index in [1.54, 1.807) is 7.11 Å². The lowest BCUT2D eigenvalue weighted by Gasteiger charge is -2.37. The Labute approximate surface area is 142 Å². The third-order valence-corrected chi connectivity index (χ3v) is 4.39. The standard InChI is InChI=1S/C18H24N4O2/c1-18(2)8-13(21-11-4-6-12(24-3)7-5-11)16-14(9-18)22-15(10-20-16)17(19)23/h4-7,15,20-21H,8-10H2,1-3H3,(H2,19,23). The first-order valence-corrected chi connectivity index (χ1v) is 8.12. The summed E-state index contributed by atoms with van der Waals surface area (Å²) in [5, 5.41) is 6.84. The van der Waals surface area contributed by atoms with Crippen molar-refractivity contribution in [3.63, 3.8) is 0 Å². The van der Waals surface area contributed by atoms with Crippen molar-refractivity contribution in [1.82, 2.24) is 5.32 Å². The van der Waals surface area contributed by atoms with Crippen molar-refractivity contribution in [1.29, 1.82) is 0 Å². The number of fused-ring (bicyclic) bond motifs is 1. The third-order valence-electron chi connectivity index (χ3n) is 4.39. The van der Waals surface area contributed by atoms with E-state index in [1.165, 1.54) is 0 Å². The van der Waals surface area contributed by atoms with E-state index in [9.17, 15) is 4.79 Å². The molecule has 1 aromatic carbocycles. The predicted molar refractivity (Wildman–Crippen MR) is 95.1 cm³/mol. The van der Waals surface area contributed by atoms with Gasteiger partial charge in [0.05, 0.1) is 18.5 Å².